The van der Waals surface area contributed by atoms with Gasteiger partial charge in [0.05, 0.1) is 0 Å². The molecule has 0 N–H and O–H groups in total. The van der Waals surface area contributed by atoms with Crippen molar-refractivity contribution in [1.29, 1.82) is 0 Å². The first-order valence-corrected chi connectivity index (χ1v) is 6.85. The molecule has 0 amide bonds. The van der Waals surface area contributed by atoms with Crippen LogP contribution in [0, 0.1) is 6.92 Å². The Bertz CT molecular complexity index is 353. The number of likely N-dealkylation sites (N-methyl/N-ethyl adjacent to an activating group) is 1. The fourth-order valence-electron chi connectivity index (χ4n) is 1.63. The van der Waals surface area contributed by atoms with Crippen molar-refractivity contribution in [2.24, 2.45) is 0 Å². The Morgan fingerprint density at radius 1 is 1.24 bits per heavy atom. The molecule has 0 saturated heterocycles. The van der Waals surface area contributed by atoms with Crippen LogP contribution < -0.4 is 4.90 Å². The van der Waals surface area contributed by atoms with E-state index in [4.69, 9.17) is 0 Å². The molecule has 0 atom stereocenters. The van der Waals surface area contributed by atoms with Crippen molar-refractivity contribution in [2.45, 2.75) is 20.3 Å². The smallest absolute Gasteiger partial charge is 0.128 e. The van der Waals surface area contributed by atoms with Gasteiger partial charge in [-0.15, -0.1) is 0 Å². The van der Waals surface area contributed by atoms with Gasteiger partial charge in [0.25, 0.3) is 0 Å². The molecular weight excluding hydrogens is 278 g/mol. The lowest BCUT2D eigenvalue weighted by atomic mass is 10.2. The molecule has 0 bridgehead atoms. The maximum atomic E-state index is 4.50. The number of rotatable bonds is 6. The zero-order valence-electron chi connectivity index (χ0n) is 11.2. The van der Waals surface area contributed by atoms with Crippen molar-refractivity contribution in [2.75, 3.05) is 38.6 Å². The van der Waals surface area contributed by atoms with Gasteiger partial charge in [-0.05, 0) is 55.0 Å². The van der Waals surface area contributed by atoms with Crippen molar-refractivity contribution in [3.63, 3.8) is 0 Å². The molecule has 0 saturated carbocycles. The van der Waals surface area contributed by atoms with E-state index in [1.165, 1.54) is 5.56 Å². The summed E-state index contributed by atoms with van der Waals surface area (Å²) in [6.07, 6.45) is 3.03. The summed E-state index contributed by atoms with van der Waals surface area (Å²) in [6.45, 7) is 7.44. The lowest BCUT2D eigenvalue weighted by Crippen LogP contribution is -2.32. The van der Waals surface area contributed by atoms with Crippen molar-refractivity contribution in [3.8, 4) is 0 Å². The van der Waals surface area contributed by atoms with Gasteiger partial charge in [0.1, 0.15) is 5.82 Å². The lowest BCUT2D eigenvalue weighted by molar-refractivity contribution is 0.412. The first-order valence-electron chi connectivity index (χ1n) is 6.06. The van der Waals surface area contributed by atoms with E-state index in [2.05, 4.69) is 64.7 Å². The second-order valence-corrected chi connectivity index (χ2v) is 5.44. The first kappa shape index (κ1) is 14.5. The fourth-order valence-corrected chi connectivity index (χ4v) is 1.85. The molecule has 0 radical (unpaired) electrons. The van der Waals surface area contributed by atoms with Crippen LogP contribution in [0.25, 0.3) is 0 Å². The highest BCUT2D eigenvalue weighted by Crippen LogP contribution is 2.20. The van der Waals surface area contributed by atoms with Gasteiger partial charge in [-0.25, -0.2) is 4.98 Å². The van der Waals surface area contributed by atoms with Crippen LogP contribution >= 0.6 is 15.9 Å². The normalized spacial score (nSPS) is 10.9. The molecule has 0 aliphatic carbocycles. The maximum Gasteiger partial charge on any atom is 0.128 e. The summed E-state index contributed by atoms with van der Waals surface area (Å²) in [7, 11) is 4.20. The minimum absolute atomic E-state index is 1.02. The van der Waals surface area contributed by atoms with E-state index >= 15 is 0 Å². The van der Waals surface area contributed by atoms with Crippen LogP contribution in [0.1, 0.15) is 18.9 Å². The van der Waals surface area contributed by atoms with Gasteiger partial charge in [0, 0.05) is 30.3 Å². The quantitative estimate of drug-likeness (QED) is 0.805. The van der Waals surface area contributed by atoms with Crippen molar-refractivity contribution in [3.05, 3.63) is 22.3 Å². The summed E-state index contributed by atoms with van der Waals surface area (Å²) in [6, 6.07) is 2.15. The number of pyridine rings is 1. The molecule has 1 aromatic heterocycles. The topological polar surface area (TPSA) is 19.4 Å². The first-order chi connectivity index (χ1) is 8.04. The highest BCUT2D eigenvalue weighted by Gasteiger charge is 2.08. The number of hydrogen-bond acceptors (Lipinski definition) is 3. The number of anilines is 1. The molecule has 0 fully saturated rings. The molecule has 1 rings (SSSR count). The zero-order valence-corrected chi connectivity index (χ0v) is 12.8. The summed E-state index contributed by atoms with van der Waals surface area (Å²) in [5.41, 5.74) is 1.24. The van der Waals surface area contributed by atoms with Gasteiger partial charge in [-0.1, -0.05) is 6.92 Å². The Kier molecular flexibility index (Phi) is 5.92. The molecule has 17 heavy (non-hydrogen) atoms. The number of nitrogens with zero attached hydrogens (tertiary/aromatic N) is 3. The minimum atomic E-state index is 1.02. The average molecular weight is 300 g/mol. The van der Waals surface area contributed by atoms with Gasteiger partial charge in [-0.2, -0.15) is 0 Å². The number of hydrogen-bond donors (Lipinski definition) is 0. The minimum Gasteiger partial charge on any atom is -0.355 e. The lowest BCUT2D eigenvalue weighted by Gasteiger charge is -2.25. The second kappa shape index (κ2) is 6.97. The molecule has 0 spiro atoms. The van der Waals surface area contributed by atoms with Gasteiger partial charge in [-0.3, -0.25) is 0 Å². The highest BCUT2D eigenvalue weighted by atomic mass is 79.9. The predicted molar refractivity (Wildman–Crippen MR) is 77.7 cm³/mol. The maximum absolute atomic E-state index is 4.50. The van der Waals surface area contributed by atoms with Gasteiger partial charge in [0.2, 0.25) is 0 Å². The fraction of sp³-hybridized carbons (Fsp3) is 0.615. The van der Waals surface area contributed by atoms with Gasteiger partial charge in [0.15, 0.2) is 0 Å². The molecule has 3 nitrogen and oxygen atoms in total. The molecule has 96 valence electrons. The second-order valence-electron chi connectivity index (χ2n) is 4.58. The predicted octanol–water partition coefficient (Wildman–Crippen LogP) is 2.93. The Balaban J connectivity index is 2.77. The zero-order chi connectivity index (χ0) is 12.8. The van der Waals surface area contributed by atoms with Crippen LogP contribution in [0.2, 0.25) is 0 Å². The monoisotopic (exact) mass is 299 g/mol. The van der Waals surface area contributed by atoms with Crippen LogP contribution in [0.5, 0.6) is 0 Å². The molecular formula is C13H22BrN3. The van der Waals surface area contributed by atoms with E-state index in [1.807, 2.05) is 6.20 Å². The third-order valence-electron chi connectivity index (χ3n) is 2.67. The van der Waals surface area contributed by atoms with E-state index in [0.29, 0.717) is 0 Å². The number of halogens is 1. The van der Waals surface area contributed by atoms with Gasteiger partial charge >= 0.3 is 0 Å². The van der Waals surface area contributed by atoms with Crippen LogP contribution in [-0.2, 0) is 0 Å². The SMILES string of the molecule is CCCN(CCN(C)C)c1cc(C)c(Br)cn1. The molecule has 4 heteroatoms. The van der Waals surface area contributed by atoms with Gasteiger partial charge < -0.3 is 9.80 Å². The van der Waals surface area contributed by atoms with Crippen molar-refractivity contribution < 1.29 is 0 Å². The summed E-state index contributed by atoms with van der Waals surface area (Å²) in [5.74, 6) is 1.08. The Morgan fingerprint density at radius 3 is 2.47 bits per heavy atom. The largest absolute Gasteiger partial charge is 0.355 e. The summed E-state index contributed by atoms with van der Waals surface area (Å²) >= 11 is 3.49. The van der Waals surface area contributed by atoms with E-state index in [9.17, 15) is 0 Å². The standard InChI is InChI=1S/C13H22BrN3/c1-5-6-17(8-7-16(3)4)13-9-11(2)12(14)10-15-13/h9-10H,5-8H2,1-4H3. The van der Waals surface area contributed by atoms with Crippen LogP contribution in [0.15, 0.2) is 16.7 Å². The van der Waals surface area contributed by atoms with Crippen molar-refractivity contribution >= 4 is 21.7 Å². The van der Waals surface area contributed by atoms with E-state index in [1.54, 1.807) is 0 Å². The van der Waals surface area contributed by atoms with Crippen LogP contribution in [0.3, 0.4) is 0 Å². The third-order valence-corrected chi connectivity index (χ3v) is 3.50. The molecule has 1 aromatic rings. The Morgan fingerprint density at radius 2 is 1.94 bits per heavy atom. The number of aryl methyl sites for hydroxylation is 1. The Hall–Kier alpha value is -0.610. The van der Waals surface area contributed by atoms with Crippen molar-refractivity contribution in [1.82, 2.24) is 9.88 Å². The highest BCUT2D eigenvalue weighted by molar-refractivity contribution is 9.10. The summed E-state index contributed by atoms with van der Waals surface area (Å²) in [4.78, 5) is 9.05. The average Bonchev–Trinajstić information content (AvgIpc) is 2.28. The van der Waals surface area contributed by atoms with Crippen LogP contribution in [-0.4, -0.2) is 43.6 Å². The summed E-state index contributed by atoms with van der Waals surface area (Å²) < 4.78 is 1.07. The van der Waals surface area contributed by atoms with Crippen LogP contribution in [0.4, 0.5) is 5.82 Å². The van der Waals surface area contributed by atoms with E-state index in [0.717, 1.165) is 36.3 Å². The molecule has 0 aliphatic rings. The third kappa shape index (κ3) is 4.64. The molecule has 0 aromatic carbocycles. The summed E-state index contributed by atoms with van der Waals surface area (Å²) in [5, 5.41) is 0. The Labute approximate surface area is 113 Å². The molecule has 0 aliphatic heterocycles. The van der Waals surface area contributed by atoms with E-state index < -0.39 is 0 Å². The number of aromatic nitrogens is 1. The molecule has 1 heterocycles. The van der Waals surface area contributed by atoms with E-state index in [-0.39, 0.29) is 0 Å². The molecule has 0 unspecified atom stereocenters.